The molecule has 0 radical (unpaired) electrons. The molecule has 0 unspecified atom stereocenters. The average Bonchev–Trinajstić information content (AvgIpc) is 3.11. The van der Waals surface area contributed by atoms with E-state index in [4.69, 9.17) is 4.74 Å². The third kappa shape index (κ3) is 4.70. The van der Waals surface area contributed by atoms with Gasteiger partial charge in [0.2, 0.25) is 11.8 Å². The Kier molecular flexibility index (Phi) is 6.45. The number of aromatic nitrogens is 2. The molecule has 0 spiro atoms. The van der Waals surface area contributed by atoms with Gasteiger partial charge in [-0.2, -0.15) is 5.10 Å². The zero-order valence-corrected chi connectivity index (χ0v) is 14.8. The normalized spacial score (nSPS) is 15.3. The van der Waals surface area contributed by atoms with Gasteiger partial charge in [0.15, 0.2) is 0 Å². The first-order valence-electron chi connectivity index (χ1n) is 8.62. The van der Waals surface area contributed by atoms with Gasteiger partial charge in [-0.15, -0.1) is 0 Å². The van der Waals surface area contributed by atoms with E-state index in [1.807, 2.05) is 7.05 Å². The summed E-state index contributed by atoms with van der Waals surface area (Å²) in [6, 6.07) is 0.397. The molecular weight excluding hydrogens is 292 g/mol. The maximum absolute atomic E-state index is 11.9. The van der Waals surface area contributed by atoms with Gasteiger partial charge in [0.1, 0.15) is 0 Å². The predicted octanol–water partition coefficient (Wildman–Crippen LogP) is 2.09. The van der Waals surface area contributed by atoms with E-state index < -0.39 is 0 Å². The molecule has 0 aromatic carbocycles. The maximum atomic E-state index is 11.9. The molecule has 1 aliphatic rings. The molecule has 1 aromatic heterocycles. The van der Waals surface area contributed by atoms with Crippen LogP contribution < -0.4 is 15.4 Å². The number of carbonyl (C=O) groups excluding carboxylic acids is 1. The minimum absolute atomic E-state index is 0.145. The van der Waals surface area contributed by atoms with Gasteiger partial charge in [-0.05, 0) is 18.8 Å². The Labute approximate surface area is 139 Å². The summed E-state index contributed by atoms with van der Waals surface area (Å²) >= 11 is 0. The van der Waals surface area contributed by atoms with E-state index in [2.05, 4.69) is 29.6 Å². The van der Waals surface area contributed by atoms with Gasteiger partial charge in [-0.25, -0.2) is 4.68 Å². The van der Waals surface area contributed by atoms with Crippen LogP contribution in [0.4, 0.5) is 0 Å². The highest BCUT2D eigenvalue weighted by atomic mass is 16.5. The minimum atomic E-state index is 0.145. The van der Waals surface area contributed by atoms with Crippen molar-refractivity contribution >= 4 is 5.91 Å². The Bertz CT molecular complexity index is 519. The lowest BCUT2D eigenvalue weighted by Crippen LogP contribution is -2.34. The summed E-state index contributed by atoms with van der Waals surface area (Å²) in [4.78, 5) is 11.9. The summed E-state index contributed by atoms with van der Waals surface area (Å²) < 4.78 is 7.23. The van der Waals surface area contributed by atoms with Crippen LogP contribution >= 0.6 is 0 Å². The topological polar surface area (TPSA) is 68.2 Å². The molecule has 1 aliphatic carbocycles. The summed E-state index contributed by atoms with van der Waals surface area (Å²) in [5.41, 5.74) is 2.13. The number of hydrogen-bond donors (Lipinski definition) is 2. The first-order valence-corrected chi connectivity index (χ1v) is 8.62. The van der Waals surface area contributed by atoms with E-state index in [9.17, 15) is 4.79 Å². The van der Waals surface area contributed by atoms with Crippen LogP contribution in [0.2, 0.25) is 0 Å². The molecule has 23 heavy (non-hydrogen) atoms. The number of carbonyl (C=O) groups is 1. The third-order valence-corrected chi connectivity index (χ3v) is 4.41. The van der Waals surface area contributed by atoms with E-state index in [1.165, 1.54) is 12.8 Å². The zero-order valence-electron chi connectivity index (χ0n) is 14.8. The van der Waals surface area contributed by atoms with E-state index in [-0.39, 0.29) is 5.91 Å². The van der Waals surface area contributed by atoms with Crippen LogP contribution in [0.1, 0.15) is 63.1 Å². The number of nitrogens with one attached hydrogen (secondary N) is 2. The fourth-order valence-electron chi connectivity index (χ4n) is 3.24. The first-order chi connectivity index (χ1) is 11.0. The quantitative estimate of drug-likeness (QED) is 0.719. The summed E-state index contributed by atoms with van der Waals surface area (Å²) in [5, 5.41) is 11.0. The van der Waals surface area contributed by atoms with Crippen LogP contribution in [-0.2, 0) is 18.4 Å². The standard InChI is InChI=1S/C17H30N4O2/c1-12(2)16-14(17(23-4)21(3)20-16)11-18-10-9-15(22)19-13-7-5-6-8-13/h12-13,18H,5-11H2,1-4H3,(H,19,22). The molecule has 1 heterocycles. The van der Waals surface area contributed by atoms with E-state index >= 15 is 0 Å². The molecule has 6 heteroatoms. The summed E-state index contributed by atoms with van der Waals surface area (Å²) in [7, 11) is 3.56. The van der Waals surface area contributed by atoms with Gasteiger partial charge in [-0.1, -0.05) is 26.7 Å². The number of methoxy groups -OCH3 is 1. The van der Waals surface area contributed by atoms with Crippen molar-refractivity contribution in [1.29, 1.82) is 0 Å². The first kappa shape index (κ1) is 17.8. The second kappa shape index (κ2) is 8.34. The molecular formula is C17H30N4O2. The predicted molar refractivity (Wildman–Crippen MR) is 90.6 cm³/mol. The average molecular weight is 322 g/mol. The van der Waals surface area contributed by atoms with E-state index in [1.54, 1.807) is 11.8 Å². The Morgan fingerprint density at radius 3 is 2.70 bits per heavy atom. The van der Waals surface area contributed by atoms with Gasteiger partial charge < -0.3 is 15.4 Å². The molecule has 0 aliphatic heterocycles. The van der Waals surface area contributed by atoms with Crippen molar-refractivity contribution < 1.29 is 9.53 Å². The molecule has 1 fully saturated rings. The molecule has 1 saturated carbocycles. The Balaban J connectivity index is 1.80. The molecule has 0 atom stereocenters. The van der Waals surface area contributed by atoms with Gasteiger partial charge in [0.25, 0.3) is 0 Å². The molecule has 1 aromatic rings. The van der Waals surface area contributed by atoms with Crippen molar-refractivity contribution in [3.63, 3.8) is 0 Å². The van der Waals surface area contributed by atoms with E-state index in [0.29, 0.717) is 31.5 Å². The molecule has 6 nitrogen and oxygen atoms in total. The van der Waals surface area contributed by atoms with Crippen LogP contribution in [0, 0.1) is 0 Å². The van der Waals surface area contributed by atoms with Gasteiger partial charge in [0, 0.05) is 32.6 Å². The molecule has 2 rings (SSSR count). The van der Waals surface area contributed by atoms with Crippen molar-refractivity contribution in [2.24, 2.45) is 7.05 Å². The number of nitrogens with zero attached hydrogens (tertiary/aromatic N) is 2. The van der Waals surface area contributed by atoms with Crippen molar-refractivity contribution in [2.45, 2.75) is 64.5 Å². The number of aryl methyl sites for hydroxylation is 1. The Morgan fingerprint density at radius 2 is 2.09 bits per heavy atom. The highest BCUT2D eigenvalue weighted by Gasteiger charge is 2.19. The van der Waals surface area contributed by atoms with Gasteiger partial charge in [-0.3, -0.25) is 4.79 Å². The summed E-state index contributed by atoms with van der Waals surface area (Å²) in [6.45, 7) is 5.58. The fourth-order valence-corrected chi connectivity index (χ4v) is 3.24. The van der Waals surface area contributed by atoms with Crippen molar-refractivity contribution in [3.05, 3.63) is 11.3 Å². The fraction of sp³-hybridized carbons (Fsp3) is 0.765. The molecule has 1 amide bonds. The largest absolute Gasteiger partial charge is 0.481 e. The number of ether oxygens (including phenoxy) is 1. The number of hydrogen-bond acceptors (Lipinski definition) is 4. The molecule has 130 valence electrons. The Hall–Kier alpha value is -1.56. The van der Waals surface area contributed by atoms with Crippen molar-refractivity contribution in [2.75, 3.05) is 13.7 Å². The Morgan fingerprint density at radius 1 is 1.39 bits per heavy atom. The smallest absolute Gasteiger partial charge is 0.221 e. The third-order valence-electron chi connectivity index (χ3n) is 4.41. The lowest BCUT2D eigenvalue weighted by atomic mass is 10.1. The highest BCUT2D eigenvalue weighted by Crippen LogP contribution is 2.26. The second-order valence-corrected chi connectivity index (χ2v) is 6.63. The maximum Gasteiger partial charge on any atom is 0.221 e. The molecule has 0 saturated heterocycles. The van der Waals surface area contributed by atoms with E-state index in [0.717, 1.165) is 30.0 Å². The van der Waals surface area contributed by atoms with Crippen LogP contribution in [0.5, 0.6) is 5.88 Å². The van der Waals surface area contributed by atoms with Gasteiger partial charge in [0.05, 0.1) is 18.4 Å². The van der Waals surface area contributed by atoms with Crippen LogP contribution in [0.25, 0.3) is 0 Å². The zero-order chi connectivity index (χ0) is 16.8. The lowest BCUT2D eigenvalue weighted by molar-refractivity contribution is -0.121. The SMILES string of the molecule is COc1c(CNCCC(=O)NC2CCCC2)c(C(C)C)nn1C. The molecule has 0 bridgehead atoms. The number of amides is 1. The highest BCUT2D eigenvalue weighted by molar-refractivity contribution is 5.76. The lowest BCUT2D eigenvalue weighted by Gasteiger charge is -2.12. The summed E-state index contributed by atoms with van der Waals surface area (Å²) in [6.07, 6.45) is 5.24. The molecule has 2 N–H and O–H groups in total. The van der Waals surface area contributed by atoms with Crippen LogP contribution in [0.15, 0.2) is 0 Å². The van der Waals surface area contributed by atoms with Crippen molar-refractivity contribution in [3.8, 4) is 5.88 Å². The van der Waals surface area contributed by atoms with Crippen LogP contribution in [0.3, 0.4) is 0 Å². The number of rotatable bonds is 8. The monoisotopic (exact) mass is 322 g/mol. The van der Waals surface area contributed by atoms with Crippen molar-refractivity contribution in [1.82, 2.24) is 20.4 Å². The van der Waals surface area contributed by atoms with Crippen LogP contribution in [-0.4, -0.2) is 35.4 Å². The summed E-state index contributed by atoms with van der Waals surface area (Å²) in [5.74, 6) is 1.27. The van der Waals surface area contributed by atoms with Gasteiger partial charge >= 0.3 is 0 Å². The minimum Gasteiger partial charge on any atom is -0.481 e. The second-order valence-electron chi connectivity index (χ2n) is 6.63.